The minimum atomic E-state index is 0.0775. The zero-order valence-electron chi connectivity index (χ0n) is 16.1. The molecule has 1 unspecified atom stereocenters. The summed E-state index contributed by atoms with van der Waals surface area (Å²) in [6.45, 7) is 7.84. The summed E-state index contributed by atoms with van der Waals surface area (Å²) in [4.78, 5) is 28.5. The maximum Gasteiger partial charge on any atom is 0.254 e. The van der Waals surface area contributed by atoms with Gasteiger partial charge < -0.3 is 19.4 Å². The Morgan fingerprint density at radius 2 is 1.96 bits per heavy atom. The van der Waals surface area contributed by atoms with Crippen LogP contribution in [0.25, 0.3) is 0 Å². The first-order valence-electron chi connectivity index (χ1n) is 9.35. The highest BCUT2D eigenvalue weighted by atomic mass is 16.5. The van der Waals surface area contributed by atoms with Crippen molar-refractivity contribution in [1.82, 2.24) is 14.7 Å². The summed E-state index contributed by atoms with van der Waals surface area (Å²) < 4.78 is 5.23. The first-order chi connectivity index (χ1) is 13.1. The van der Waals surface area contributed by atoms with Crippen LogP contribution in [0.4, 0.5) is 0 Å². The van der Waals surface area contributed by atoms with Crippen LogP contribution in [0, 0.1) is 6.92 Å². The molecular weight excluding hydrogens is 342 g/mol. The van der Waals surface area contributed by atoms with Crippen molar-refractivity contribution in [2.75, 3.05) is 39.8 Å². The second-order valence-corrected chi connectivity index (χ2v) is 7.17. The number of amides is 1. The number of nitrogens with zero attached hydrogens (tertiary/aromatic N) is 5. The van der Waals surface area contributed by atoms with E-state index in [2.05, 4.69) is 21.7 Å². The highest BCUT2D eigenvalue weighted by molar-refractivity contribution is 6.41. The van der Waals surface area contributed by atoms with Crippen LogP contribution >= 0.6 is 0 Å². The van der Waals surface area contributed by atoms with Gasteiger partial charge in [0.1, 0.15) is 5.75 Å². The maximum atomic E-state index is 12.9. The van der Waals surface area contributed by atoms with E-state index in [0.29, 0.717) is 13.1 Å². The summed E-state index contributed by atoms with van der Waals surface area (Å²) in [5.41, 5.74) is 1.68. The van der Waals surface area contributed by atoms with Crippen LogP contribution in [0.1, 0.15) is 22.8 Å². The van der Waals surface area contributed by atoms with Gasteiger partial charge in [-0.05, 0) is 37.6 Å². The van der Waals surface area contributed by atoms with Crippen molar-refractivity contribution in [3.63, 3.8) is 0 Å². The number of rotatable bonds is 2. The summed E-state index contributed by atoms with van der Waals surface area (Å²) in [6, 6.07) is 5.88. The molecule has 142 valence electrons. The molecule has 1 aromatic carbocycles. The van der Waals surface area contributed by atoms with Crippen molar-refractivity contribution in [1.29, 1.82) is 0 Å². The molecule has 1 aromatic rings. The lowest BCUT2D eigenvalue weighted by Gasteiger charge is -2.38. The third kappa shape index (κ3) is 3.29. The first kappa shape index (κ1) is 17.6. The van der Waals surface area contributed by atoms with Gasteiger partial charge in [0.2, 0.25) is 0 Å². The van der Waals surface area contributed by atoms with Gasteiger partial charge in [0.25, 0.3) is 5.91 Å². The molecular formula is C20H25N5O2. The Morgan fingerprint density at radius 1 is 1.19 bits per heavy atom. The van der Waals surface area contributed by atoms with Crippen LogP contribution in [-0.4, -0.2) is 78.2 Å². The molecule has 0 saturated carbocycles. The summed E-state index contributed by atoms with van der Waals surface area (Å²) in [5.74, 6) is 2.73. The number of carbonyl (C=O) groups is 1. The quantitative estimate of drug-likeness (QED) is 0.799. The van der Waals surface area contributed by atoms with Gasteiger partial charge in [-0.3, -0.25) is 9.79 Å². The molecule has 7 nitrogen and oxygen atoms in total. The molecule has 1 atom stereocenters. The smallest absolute Gasteiger partial charge is 0.254 e. The number of methoxy groups -OCH3 is 1. The standard InChI is InChI=1S/C20H25N5O2/c1-14-12-16(27-3)4-5-17(14)20(26)24-10-8-23(9-11-24)18-19-22-15(2)13-25(19)7-6-21-18/h4-7,12,15H,8-11,13H2,1-3H3. The Kier molecular flexibility index (Phi) is 4.59. The molecule has 3 aliphatic rings. The summed E-state index contributed by atoms with van der Waals surface area (Å²) in [6.07, 6.45) is 3.82. The molecule has 3 heterocycles. The van der Waals surface area contributed by atoms with E-state index in [1.165, 1.54) is 0 Å². The highest BCUT2D eigenvalue weighted by Crippen LogP contribution is 2.20. The number of amidine groups is 2. The molecule has 0 aromatic heterocycles. The minimum Gasteiger partial charge on any atom is -0.497 e. The third-order valence-electron chi connectivity index (χ3n) is 5.25. The van der Waals surface area contributed by atoms with E-state index in [0.717, 1.165) is 48.2 Å². The Hall–Kier alpha value is -2.83. The van der Waals surface area contributed by atoms with Gasteiger partial charge in [-0.2, -0.15) is 0 Å². The van der Waals surface area contributed by atoms with Crippen molar-refractivity contribution >= 4 is 17.6 Å². The molecule has 0 N–H and O–H groups in total. The molecule has 1 fully saturated rings. The number of ether oxygens (including phenoxy) is 1. The normalized spacial score (nSPS) is 21.7. The van der Waals surface area contributed by atoms with Gasteiger partial charge in [-0.1, -0.05) is 0 Å². The van der Waals surface area contributed by atoms with Gasteiger partial charge in [0.05, 0.1) is 13.2 Å². The Balaban J connectivity index is 1.43. The van der Waals surface area contributed by atoms with Crippen molar-refractivity contribution in [3.05, 3.63) is 41.7 Å². The number of carbonyl (C=O) groups excluding carboxylic acids is 1. The van der Waals surface area contributed by atoms with Crippen molar-refractivity contribution < 1.29 is 9.53 Å². The average Bonchev–Trinajstić information content (AvgIpc) is 3.07. The number of piperazine rings is 1. The molecule has 7 heteroatoms. The number of hydrogen-bond donors (Lipinski definition) is 0. The highest BCUT2D eigenvalue weighted by Gasteiger charge is 2.32. The van der Waals surface area contributed by atoms with E-state index in [9.17, 15) is 4.79 Å². The van der Waals surface area contributed by atoms with Gasteiger partial charge >= 0.3 is 0 Å². The molecule has 0 spiro atoms. The van der Waals surface area contributed by atoms with E-state index in [-0.39, 0.29) is 11.9 Å². The molecule has 27 heavy (non-hydrogen) atoms. The van der Waals surface area contributed by atoms with Crippen LogP contribution in [-0.2, 0) is 0 Å². The molecule has 4 rings (SSSR count). The number of aliphatic imine (C=N–C) groups is 2. The monoisotopic (exact) mass is 367 g/mol. The van der Waals surface area contributed by atoms with Crippen LogP contribution in [0.3, 0.4) is 0 Å². The number of benzene rings is 1. The van der Waals surface area contributed by atoms with Crippen molar-refractivity contribution in [2.45, 2.75) is 19.9 Å². The van der Waals surface area contributed by atoms with Crippen LogP contribution < -0.4 is 4.74 Å². The van der Waals surface area contributed by atoms with Crippen LogP contribution in [0.15, 0.2) is 40.6 Å². The predicted octanol–water partition coefficient (Wildman–Crippen LogP) is 1.75. The number of hydrogen-bond acceptors (Lipinski definition) is 6. The van der Waals surface area contributed by atoms with E-state index in [1.807, 2.05) is 42.4 Å². The van der Waals surface area contributed by atoms with E-state index >= 15 is 0 Å². The summed E-state index contributed by atoms with van der Waals surface area (Å²) in [5, 5.41) is 0. The second kappa shape index (κ2) is 7.06. The Bertz CT molecular complexity index is 837. The first-order valence-corrected chi connectivity index (χ1v) is 9.35. The lowest BCUT2D eigenvalue weighted by Crippen LogP contribution is -2.54. The molecule has 0 bridgehead atoms. The molecule has 1 saturated heterocycles. The van der Waals surface area contributed by atoms with Gasteiger partial charge in [-0.25, -0.2) is 4.99 Å². The second-order valence-electron chi connectivity index (χ2n) is 7.17. The predicted molar refractivity (Wildman–Crippen MR) is 105 cm³/mol. The van der Waals surface area contributed by atoms with E-state index in [4.69, 9.17) is 9.73 Å². The fraction of sp³-hybridized carbons (Fsp3) is 0.450. The zero-order valence-corrected chi connectivity index (χ0v) is 16.1. The minimum absolute atomic E-state index is 0.0775. The Morgan fingerprint density at radius 3 is 2.67 bits per heavy atom. The number of fused-ring (bicyclic) bond motifs is 1. The van der Waals surface area contributed by atoms with Gasteiger partial charge in [-0.15, -0.1) is 0 Å². The van der Waals surface area contributed by atoms with Gasteiger partial charge in [0.15, 0.2) is 11.7 Å². The van der Waals surface area contributed by atoms with Crippen LogP contribution in [0.5, 0.6) is 5.75 Å². The average molecular weight is 367 g/mol. The molecule has 1 amide bonds. The third-order valence-corrected chi connectivity index (χ3v) is 5.25. The van der Waals surface area contributed by atoms with Crippen molar-refractivity contribution in [2.24, 2.45) is 9.98 Å². The van der Waals surface area contributed by atoms with E-state index in [1.54, 1.807) is 7.11 Å². The van der Waals surface area contributed by atoms with Gasteiger partial charge in [0, 0.05) is 50.7 Å². The largest absolute Gasteiger partial charge is 0.497 e. The molecule has 0 aliphatic carbocycles. The summed E-state index contributed by atoms with van der Waals surface area (Å²) in [7, 11) is 1.63. The fourth-order valence-corrected chi connectivity index (χ4v) is 3.77. The lowest BCUT2D eigenvalue weighted by atomic mass is 10.1. The Labute approximate surface area is 159 Å². The topological polar surface area (TPSA) is 60.7 Å². The fourth-order valence-electron chi connectivity index (χ4n) is 3.77. The number of aryl methyl sites for hydroxylation is 1. The summed E-state index contributed by atoms with van der Waals surface area (Å²) >= 11 is 0. The molecule has 0 radical (unpaired) electrons. The SMILES string of the molecule is COc1ccc(C(=O)N2CCN(C3=NC=CN4CC(C)N=C34)CC2)c(C)c1. The zero-order chi connectivity index (χ0) is 19.0. The van der Waals surface area contributed by atoms with Crippen molar-refractivity contribution in [3.8, 4) is 5.75 Å². The van der Waals surface area contributed by atoms with E-state index < -0.39 is 0 Å². The lowest BCUT2D eigenvalue weighted by molar-refractivity contribution is 0.0692. The molecule has 3 aliphatic heterocycles. The van der Waals surface area contributed by atoms with Crippen LogP contribution in [0.2, 0.25) is 0 Å². The maximum absolute atomic E-state index is 12.9.